The fourth-order valence-electron chi connectivity index (χ4n) is 4.64. The van der Waals surface area contributed by atoms with E-state index in [2.05, 4.69) is 15.5 Å². The number of carbonyl (C=O) groups is 2. The molecule has 0 unspecified atom stereocenters. The van der Waals surface area contributed by atoms with Crippen LogP contribution in [0.15, 0.2) is 30.3 Å². The SMILES string of the molecule is Cn1c(C(=O)N2CC[C@@H](NC(=O)c3n[nH]c4c3CCCC4)C2)cc2ccccc21. The van der Waals surface area contributed by atoms with Gasteiger partial charge in [0.1, 0.15) is 5.69 Å². The van der Waals surface area contributed by atoms with Crippen LogP contribution in [-0.4, -0.2) is 50.6 Å². The summed E-state index contributed by atoms with van der Waals surface area (Å²) >= 11 is 0. The number of nitrogens with zero attached hydrogens (tertiary/aromatic N) is 3. The van der Waals surface area contributed by atoms with E-state index >= 15 is 0 Å². The zero-order valence-electron chi connectivity index (χ0n) is 16.6. The van der Waals surface area contributed by atoms with E-state index in [1.165, 1.54) is 0 Å². The predicted molar refractivity (Wildman–Crippen MR) is 110 cm³/mol. The van der Waals surface area contributed by atoms with E-state index < -0.39 is 0 Å². The standard InChI is InChI=1S/C22H25N5O2/c1-26-18-9-5-2-6-14(18)12-19(26)22(29)27-11-10-15(13-27)23-21(28)20-16-7-3-4-8-17(16)24-25-20/h2,5-6,9,12,15H,3-4,7-8,10-11,13H2,1H3,(H,23,28)(H,24,25)/t15-/m1/s1. The Hall–Kier alpha value is -3.09. The van der Waals surface area contributed by atoms with Crippen molar-refractivity contribution in [2.75, 3.05) is 13.1 Å². The molecule has 3 heterocycles. The molecule has 0 saturated carbocycles. The molecule has 0 radical (unpaired) electrons. The molecule has 0 spiro atoms. The van der Waals surface area contributed by atoms with Gasteiger partial charge in [-0.05, 0) is 44.2 Å². The maximum atomic E-state index is 13.1. The first-order chi connectivity index (χ1) is 14.1. The second-order valence-corrected chi connectivity index (χ2v) is 8.09. The molecule has 1 aliphatic heterocycles. The number of amides is 2. The lowest BCUT2D eigenvalue weighted by Crippen LogP contribution is -2.39. The van der Waals surface area contributed by atoms with Crippen molar-refractivity contribution in [2.24, 2.45) is 7.05 Å². The first kappa shape index (κ1) is 18.0. The summed E-state index contributed by atoms with van der Waals surface area (Å²) in [5.41, 5.74) is 4.41. The van der Waals surface area contributed by atoms with E-state index in [1.54, 1.807) is 0 Å². The van der Waals surface area contributed by atoms with E-state index in [1.807, 2.05) is 46.8 Å². The molecule has 1 atom stereocenters. The number of aromatic nitrogens is 3. The van der Waals surface area contributed by atoms with Crippen LogP contribution < -0.4 is 5.32 Å². The number of carbonyl (C=O) groups excluding carboxylic acids is 2. The van der Waals surface area contributed by atoms with Crippen molar-refractivity contribution in [1.29, 1.82) is 0 Å². The lowest BCUT2D eigenvalue weighted by molar-refractivity contribution is 0.0774. The highest BCUT2D eigenvalue weighted by atomic mass is 16.2. The van der Waals surface area contributed by atoms with Gasteiger partial charge in [0.25, 0.3) is 11.8 Å². The van der Waals surface area contributed by atoms with Gasteiger partial charge in [-0.2, -0.15) is 5.10 Å². The molecule has 5 rings (SSSR count). The third-order valence-corrected chi connectivity index (χ3v) is 6.25. The van der Waals surface area contributed by atoms with Gasteiger partial charge in [-0.15, -0.1) is 0 Å². The predicted octanol–water partition coefficient (Wildman–Crippen LogP) is 2.42. The van der Waals surface area contributed by atoms with Gasteiger partial charge < -0.3 is 14.8 Å². The molecule has 1 aromatic carbocycles. The van der Waals surface area contributed by atoms with Gasteiger partial charge in [-0.25, -0.2) is 0 Å². The van der Waals surface area contributed by atoms with Crippen molar-refractivity contribution >= 4 is 22.7 Å². The summed E-state index contributed by atoms with van der Waals surface area (Å²) in [6.07, 6.45) is 4.87. The number of H-pyrrole nitrogens is 1. The van der Waals surface area contributed by atoms with Crippen LogP contribution in [0, 0.1) is 0 Å². The molecular weight excluding hydrogens is 366 g/mol. The van der Waals surface area contributed by atoms with Crippen LogP contribution in [-0.2, 0) is 19.9 Å². The summed E-state index contributed by atoms with van der Waals surface area (Å²) in [4.78, 5) is 27.6. The third-order valence-electron chi connectivity index (χ3n) is 6.25. The zero-order valence-corrected chi connectivity index (χ0v) is 16.6. The maximum absolute atomic E-state index is 13.1. The molecule has 1 aliphatic carbocycles. The van der Waals surface area contributed by atoms with Crippen LogP contribution in [0.3, 0.4) is 0 Å². The Bertz CT molecular complexity index is 1100. The lowest BCUT2D eigenvalue weighted by atomic mass is 9.95. The first-order valence-corrected chi connectivity index (χ1v) is 10.3. The fraction of sp³-hybridized carbons (Fsp3) is 0.409. The molecule has 29 heavy (non-hydrogen) atoms. The van der Waals surface area contributed by atoms with E-state index in [0.717, 1.165) is 54.3 Å². The summed E-state index contributed by atoms with van der Waals surface area (Å²) < 4.78 is 1.94. The first-order valence-electron chi connectivity index (χ1n) is 10.3. The van der Waals surface area contributed by atoms with Crippen molar-refractivity contribution in [3.63, 3.8) is 0 Å². The molecule has 2 aliphatic rings. The molecule has 1 fully saturated rings. The minimum Gasteiger partial charge on any atom is -0.346 e. The van der Waals surface area contributed by atoms with Gasteiger partial charge in [0.15, 0.2) is 5.69 Å². The topological polar surface area (TPSA) is 83.0 Å². The molecule has 2 aromatic heterocycles. The Balaban J connectivity index is 1.27. The second kappa shape index (κ2) is 7.06. The van der Waals surface area contributed by atoms with Crippen molar-refractivity contribution in [3.8, 4) is 0 Å². The number of nitrogens with one attached hydrogen (secondary N) is 2. The fourth-order valence-corrected chi connectivity index (χ4v) is 4.64. The average molecular weight is 391 g/mol. The summed E-state index contributed by atoms with van der Waals surface area (Å²) in [6.45, 7) is 1.17. The number of fused-ring (bicyclic) bond motifs is 2. The molecule has 1 saturated heterocycles. The number of aryl methyl sites for hydroxylation is 2. The molecular formula is C22H25N5O2. The second-order valence-electron chi connectivity index (χ2n) is 8.09. The van der Waals surface area contributed by atoms with Gasteiger partial charge in [0.2, 0.25) is 0 Å². The Morgan fingerprint density at radius 2 is 2.03 bits per heavy atom. The van der Waals surface area contributed by atoms with E-state index in [9.17, 15) is 9.59 Å². The number of benzene rings is 1. The van der Waals surface area contributed by atoms with Gasteiger partial charge in [0.05, 0.1) is 0 Å². The lowest BCUT2D eigenvalue weighted by Gasteiger charge is -2.18. The summed E-state index contributed by atoms with van der Waals surface area (Å²) in [7, 11) is 1.92. The molecule has 3 aromatic rings. The van der Waals surface area contributed by atoms with E-state index in [0.29, 0.717) is 24.5 Å². The number of hydrogen-bond donors (Lipinski definition) is 2. The van der Waals surface area contributed by atoms with Gasteiger partial charge in [-0.1, -0.05) is 18.2 Å². The zero-order chi connectivity index (χ0) is 20.0. The highest BCUT2D eigenvalue weighted by Gasteiger charge is 2.31. The van der Waals surface area contributed by atoms with Gasteiger partial charge in [0, 0.05) is 48.3 Å². The molecule has 7 heteroatoms. The average Bonchev–Trinajstić information content (AvgIpc) is 3.45. The largest absolute Gasteiger partial charge is 0.346 e. The van der Waals surface area contributed by atoms with Gasteiger partial charge in [-0.3, -0.25) is 14.7 Å². The van der Waals surface area contributed by atoms with Crippen LogP contribution in [0.4, 0.5) is 0 Å². The minimum absolute atomic E-state index is 0.0117. The maximum Gasteiger partial charge on any atom is 0.272 e. The highest BCUT2D eigenvalue weighted by Crippen LogP contribution is 2.24. The van der Waals surface area contributed by atoms with E-state index in [4.69, 9.17) is 0 Å². The highest BCUT2D eigenvalue weighted by molar-refractivity contribution is 5.99. The van der Waals surface area contributed by atoms with Crippen LogP contribution >= 0.6 is 0 Å². The Morgan fingerprint density at radius 3 is 2.90 bits per heavy atom. The summed E-state index contributed by atoms with van der Waals surface area (Å²) in [5.74, 6) is -0.120. The third kappa shape index (κ3) is 3.10. The Kier molecular flexibility index (Phi) is 4.38. The molecule has 0 bridgehead atoms. The molecule has 2 N–H and O–H groups in total. The molecule has 7 nitrogen and oxygen atoms in total. The monoisotopic (exact) mass is 391 g/mol. The molecule has 2 amide bonds. The Morgan fingerprint density at radius 1 is 1.21 bits per heavy atom. The number of para-hydroxylation sites is 1. The quantitative estimate of drug-likeness (QED) is 0.719. The molecule has 150 valence electrons. The number of hydrogen-bond acceptors (Lipinski definition) is 3. The van der Waals surface area contributed by atoms with Crippen molar-refractivity contribution in [3.05, 3.63) is 53.0 Å². The minimum atomic E-state index is -0.131. The van der Waals surface area contributed by atoms with Crippen LogP contribution in [0.1, 0.15) is 51.5 Å². The summed E-state index contributed by atoms with van der Waals surface area (Å²) in [6, 6.07) is 9.89. The van der Waals surface area contributed by atoms with Crippen LogP contribution in [0.2, 0.25) is 0 Å². The van der Waals surface area contributed by atoms with Crippen molar-refractivity contribution in [1.82, 2.24) is 25.0 Å². The van der Waals surface area contributed by atoms with Crippen LogP contribution in [0.25, 0.3) is 10.9 Å². The normalized spacial score (nSPS) is 18.8. The summed E-state index contributed by atoms with van der Waals surface area (Å²) in [5, 5.41) is 11.4. The number of likely N-dealkylation sites (tertiary alicyclic amines) is 1. The van der Waals surface area contributed by atoms with Crippen molar-refractivity contribution in [2.45, 2.75) is 38.1 Å². The smallest absolute Gasteiger partial charge is 0.272 e. The van der Waals surface area contributed by atoms with Gasteiger partial charge >= 0.3 is 0 Å². The Labute approximate surface area is 169 Å². The van der Waals surface area contributed by atoms with Crippen LogP contribution in [0.5, 0.6) is 0 Å². The van der Waals surface area contributed by atoms with Crippen molar-refractivity contribution < 1.29 is 9.59 Å². The number of aromatic amines is 1. The van der Waals surface area contributed by atoms with E-state index in [-0.39, 0.29) is 17.9 Å². The number of rotatable bonds is 3.